The van der Waals surface area contributed by atoms with Gasteiger partial charge in [-0.3, -0.25) is 9.78 Å². The van der Waals surface area contributed by atoms with Crippen molar-refractivity contribution < 1.29 is 37.4 Å². The SMILES string of the molecule is O=C(NOc1ccc(Cl)c(C(F)(F)F)c1)Nc1ccc(Oc2ccnc(C(=O)NCO)c2)cc1. The molecule has 0 radical (unpaired) electrons. The summed E-state index contributed by atoms with van der Waals surface area (Å²) in [7, 11) is 0. The second-order valence-electron chi connectivity index (χ2n) is 6.46. The van der Waals surface area contributed by atoms with Gasteiger partial charge in [0.25, 0.3) is 5.91 Å². The van der Waals surface area contributed by atoms with E-state index in [1.807, 2.05) is 5.48 Å². The van der Waals surface area contributed by atoms with Crippen LogP contribution < -0.4 is 25.7 Å². The van der Waals surface area contributed by atoms with Gasteiger partial charge in [0, 0.05) is 18.0 Å². The van der Waals surface area contributed by atoms with E-state index >= 15 is 0 Å². The summed E-state index contributed by atoms with van der Waals surface area (Å²) in [6.45, 7) is -0.535. The molecule has 2 aromatic carbocycles. The van der Waals surface area contributed by atoms with Crippen LogP contribution in [0.25, 0.3) is 0 Å². The van der Waals surface area contributed by atoms with Crippen molar-refractivity contribution in [2.45, 2.75) is 6.18 Å². The maximum Gasteiger partial charge on any atom is 0.417 e. The molecule has 178 valence electrons. The van der Waals surface area contributed by atoms with Crippen molar-refractivity contribution in [2.75, 3.05) is 12.0 Å². The molecule has 3 rings (SSSR count). The minimum atomic E-state index is -4.67. The Kier molecular flexibility index (Phi) is 7.76. The van der Waals surface area contributed by atoms with Gasteiger partial charge in [0.05, 0.1) is 10.6 Å². The normalized spacial score (nSPS) is 10.9. The maximum atomic E-state index is 12.9. The number of alkyl halides is 3. The highest BCUT2D eigenvalue weighted by atomic mass is 35.5. The van der Waals surface area contributed by atoms with Crippen LogP contribution in [0.15, 0.2) is 60.8 Å². The number of ether oxygens (including phenoxy) is 1. The van der Waals surface area contributed by atoms with E-state index in [0.29, 0.717) is 23.3 Å². The monoisotopic (exact) mass is 496 g/mol. The number of amides is 3. The number of nitrogens with zero attached hydrogens (tertiary/aromatic N) is 1. The number of hydrogen-bond donors (Lipinski definition) is 4. The summed E-state index contributed by atoms with van der Waals surface area (Å²) in [5.41, 5.74) is 1.25. The van der Waals surface area contributed by atoms with Crippen molar-refractivity contribution in [3.63, 3.8) is 0 Å². The third-order valence-corrected chi connectivity index (χ3v) is 4.39. The van der Waals surface area contributed by atoms with Gasteiger partial charge in [-0.2, -0.15) is 18.7 Å². The fourth-order valence-corrected chi connectivity index (χ4v) is 2.78. The van der Waals surface area contributed by atoms with Gasteiger partial charge >= 0.3 is 12.2 Å². The van der Waals surface area contributed by atoms with Crippen molar-refractivity contribution in [3.05, 3.63) is 77.1 Å². The largest absolute Gasteiger partial charge is 0.457 e. The second kappa shape index (κ2) is 10.7. The number of hydroxylamine groups is 1. The molecule has 13 heteroatoms. The molecule has 0 aliphatic carbocycles. The standard InChI is InChI=1S/C21H16ClF3N4O5/c22-17-6-5-15(9-16(17)21(23,24)25)34-29-20(32)28-12-1-3-13(4-2-12)33-14-7-8-26-18(10-14)19(31)27-11-30/h1-10,30H,11H2,(H,27,31)(H2,28,29,32). The first-order valence-electron chi connectivity index (χ1n) is 9.39. The highest BCUT2D eigenvalue weighted by Crippen LogP contribution is 2.36. The van der Waals surface area contributed by atoms with E-state index in [9.17, 15) is 22.8 Å². The Bertz CT molecular complexity index is 1180. The first-order chi connectivity index (χ1) is 16.2. The topological polar surface area (TPSA) is 122 Å². The molecule has 1 heterocycles. The molecule has 0 saturated heterocycles. The summed E-state index contributed by atoms with van der Waals surface area (Å²) < 4.78 is 44.3. The van der Waals surface area contributed by atoms with Gasteiger partial charge in [-0.05, 0) is 48.5 Å². The lowest BCUT2D eigenvalue weighted by atomic mass is 10.2. The number of aromatic nitrogens is 1. The number of rotatable bonds is 7. The smallest absolute Gasteiger partial charge is 0.417 e. The number of nitrogens with one attached hydrogen (secondary N) is 3. The zero-order valence-corrected chi connectivity index (χ0v) is 17.8. The summed E-state index contributed by atoms with van der Waals surface area (Å²) in [5, 5.41) is 12.9. The van der Waals surface area contributed by atoms with E-state index in [1.54, 1.807) is 0 Å². The Balaban J connectivity index is 1.55. The van der Waals surface area contributed by atoms with Crippen LogP contribution in [0.5, 0.6) is 17.2 Å². The lowest BCUT2D eigenvalue weighted by Crippen LogP contribution is -2.31. The van der Waals surface area contributed by atoms with Gasteiger partial charge in [0.1, 0.15) is 23.9 Å². The van der Waals surface area contributed by atoms with Gasteiger partial charge < -0.3 is 25.3 Å². The molecule has 0 fully saturated rings. The highest BCUT2D eigenvalue weighted by Gasteiger charge is 2.33. The van der Waals surface area contributed by atoms with Crippen molar-refractivity contribution in [1.29, 1.82) is 0 Å². The molecule has 9 nitrogen and oxygen atoms in total. The average molecular weight is 497 g/mol. The summed E-state index contributed by atoms with van der Waals surface area (Å²) in [6.07, 6.45) is -3.31. The molecule has 1 aromatic heterocycles. The number of carbonyl (C=O) groups is 2. The number of carbonyl (C=O) groups excluding carboxylic acids is 2. The first-order valence-corrected chi connectivity index (χ1v) is 9.77. The van der Waals surface area contributed by atoms with E-state index in [4.69, 9.17) is 26.3 Å². The van der Waals surface area contributed by atoms with Gasteiger partial charge in [-0.25, -0.2) is 4.79 Å². The van der Waals surface area contributed by atoms with E-state index in [-0.39, 0.29) is 11.4 Å². The maximum absolute atomic E-state index is 12.9. The zero-order valence-electron chi connectivity index (χ0n) is 17.0. The van der Waals surface area contributed by atoms with Crippen LogP contribution >= 0.6 is 11.6 Å². The van der Waals surface area contributed by atoms with Crippen LogP contribution in [0, 0.1) is 0 Å². The number of anilines is 1. The number of aliphatic hydroxyl groups is 1. The number of aliphatic hydroxyl groups excluding tert-OH is 1. The molecule has 3 amide bonds. The van der Waals surface area contributed by atoms with E-state index in [1.165, 1.54) is 48.7 Å². The molecule has 0 aliphatic heterocycles. The molecule has 3 aromatic rings. The van der Waals surface area contributed by atoms with Crippen LogP contribution in [-0.2, 0) is 6.18 Å². The molecule has 0 aliphatic rings. The number of halogens is 4. The average Bonchev–Trinajstić information content (AvgIpc) is 2.79. The molecule has 0 bridgehead atoms. The molecular formula is C21H16ClF3N4O5. The van der Waals surface area contributed by atoms with Crippen molar-refractivity contribution in [2.24, 2.45) is 0 Å². The number of benzene rings is 2. The molecule has 4 N–H and O–H groups in total. The molecule has 0 unspecified atom stereocenters. The number of pyridine rings is 1. The third kappa shape index (κ3) is 6.73. The quantitative estimate of drug-likeness (QED) is 0.285. The Morgan fingerprint density at radius 1 is 1.00 bits per heavy atom. The molecule has 0 spiro atoms. The van der Waals surface area contributed by atoms with Crippen LogP contribution in [0.2, 0.25) is 5.02 Å². The second-order valence-corrected chi connectivity index (χ2v) is 6.87. The van der Waals surface area contributed by atoms with Crippen LogP contribution in [0.3, 0.4) is 0 Å². The van der Waals surface area contributed by atoms with E-state index in [2.05, 4.69) is 15.6 Å². The Morgan fingerprint density at radius 3 is 2.38 bits per heavy atom. The van der Waals surface area contributed by atoms with Crippen LogP contribution in [0.4, 0.5) is 23.7 Å². The minimum Gasteiger partial charge on any atom is -0.457 e. The van der Waals surface area contributed by atoms with Crippen LogP contribution in [-0.4, -0.2) is 28.8 Å². The Labute approximate surface area is 195 Å². The summed E-state index contributed by atoms with van der Waals surface area (Å²) in [4.78, 5) is 32.4. The third-order valence-electron chi connectivity index (χ3n) is 4.06. The van der Waals surface area contributed by atoms with Gasteiger partial charge in [0.15, 0.2) is 5.75 Å². The van der Waals surface area contributed by atoms with Gasteiger partial charge in [-0.15, -0.1) is 0 Å². The minimum absolute atomic E-state index is 0.0459. The predicted molar refractivity (Wildman–Crippen MR) is 115 cm³/mol. The van der Waals surface area contributed by atoms with Crippen molar-refractivity contribution in [3.8, 4) is 17.2 Å². The van der Waals surface area contributed by atoms with Gasteiger partial charge in [0.2, 0.25) is 0 Å². The van der Waals surface area contributed by atoms with Crippen molar-refractivity contribution in [1.82, 2.24) is 15.8 Å². The molecular weight excluding hydrogens is 481 g/mol. The summed E-state index contributed by atoms with van der Waals surface area (Å²) in [6, 6.07) is 10.9. The van der Waals surface area contributed by atoms with Crippen LogP contribution in [0.1, 0.15) is 16.1 Å². The van der Waals surface area contributed by atoms with Gasteiger partial charge in [-0.1, -0.05) is 11.6 Å². The molecule has 34 heavy (non-hydrogen) atoms. The van der Waals surface area contributed by atoms with E-state index < -0.39 is 35.4 Å². The molecule has 0 saturated carbocycles. The summed E-state index contributed by atoms with van der Waals surface area (Å²) in [5.74, 6) is -0.150. The zero-order chi connectivity index (χ0) is 24.7. The lowest BCUT2D eigenvalue weighted by molar-refractivity contribution is -0.137. The fourth-order valence-electron chi connectivity index (χ4n) is 2.55. The number of urea groups is 1. The number of hydrogen-bond acceptors (Lipinski definition) is 6. The Hall–Kier alpha value is -4.03. The first kappa shape index (κ1) is 24.6. The highest BCUT2D eigenvalue weighted by molar-refractivity contribution is 6.31. The Morgan fingerprint density at radius 2 is 1.71 bits per heavy atom. The molecule has 0 atom stereocenters. The fraction of sp³-hybridized carbons (Fsp3) is 0.0952. The predicted octanol–water partition coefficient (Wildman–Crippen LogP) is 4.34. The van der Waals surface area contributed by atoms with E-state index in [0.717, 1.165) is 6.07 Å². The lowest BCUT2D eigenvalue weighted by Gasteiger charge is -2.12. The van der Waals surface area contributed by atoms with Crippen molar-refractivity contribution >= 4 is 29.2 Å². The summed E-state index contributed by atoms with van der Waals surface area (Å²) >= 11 is 5.53.